The Morgan fingerprint density at radius 2 is 0.941 bits per heavy atom. The highest BCUT2D eigenvalue weighted by Gasteiger charge is 2.05. The first-order valence-electron chi connectivity index (χ1n) is 11.8. The molecule has 0 spiro atoms. The van der Waals surface area contributed by atoms with Crippen molar-refractivity contribution in [2.24, 2.45) is 5.92 Å². The molecule has 4 aromatic rings. The molecule has 0 nitrogen and oxygen atoms in total. The van der Waals surface area contributed by atoms with Crippen LogP contribution in [0.2, 0.25) is 0 Å². The molecule has 34 heavy (non-hydrogen) atoms. The second kappa shape index (κ2) is 9.89. The molecule has 0 radical (unpaired) electrons. The van der Waals surface area contributed by atoms with Gasteiger partial charge in [-0.05, 0) is 69.0 Å². The molecule has 1 atom stereocenters. The van der Waals surface area contributed by atoms with Crippen LogP contribution >= 0.6 is 0 Å². The van der Waals surface area contributed by atoms with Crippen LogP contribution in [0.4, 0.5) is 4.39 Å². The maximum Gasteiger partial charge on any atom is 0.123 e. The minimum Gasteiger partial charge on any atom is -0.207 e. The predicted molar refractivity (Wildman–Crippen MR) is 143 cm³/mol. The maximum absolute atomic E-state index is 13.2. The summed E-state index contributed by atoms with van der Waals surface area (Å²) in [6.45, 7) is 2.24. The van der Waals surface area contributed by atoms with E-state index in [4.69, 9.17) is 0 Å². The van der Waals surface area contributed by atoms with Crippen LogP contribution in [0.15, 0.2) is 127 Å². The van der Waals surface area contributed by atoms with Crippen LogP contribution in [0, 0.1) is 11.7 Å². The lowest BCUT2D eigenvalue weighted by Crippen LogP contribution is -1.89. The third kappa shape index (κ3) is 5.00. The van der Waals surface area contributed by atoms with Crippen molar-refractivity contribution in [2.75, 3.05) is 0 Å². The summed E-state index contributed by atoms with van der Waals surface area (Å²) in [5.41, 5.74) is 9.33. The maximum atomic E-state index is 13.2. The van der Waals surface area contributed by atoms with Gasteiger partial charge in [-0.25, -0.2) is 4.39 Å². The van der Waals surface area contributed by atoms with Crippen molar-refractivity contribution in [3.63, 3.8) is 0 Å². The first-order chi connectivity index (χ1) is 16.7. The minimum absolute atomic E-state index is 0.212. The number of halogens is 1. The average Bonchev–Trinajstić information content (AvgIpc) is 2.87. The number of hydrogen-bond donors (Lipinski definition) is 0. The molecular formula is C33H27F. The van der Waals surface area contributed by atoms with Gasteiger partial charge in [0.15, 0.2) is 0 Å². The molecule has 4 aromatic carbocycles. The smallest absolute Gasteiger partial charge is 0.123 e. The van der Waals surface area contributed by atoms with E-state index in [2.05, 4.69) is 110 Å². The summed E-state index contributed by atoms with van der Waals surface area (Å²) in [6.07, 6.45) is 12.2. The minimum atomic E-state index is -0.212. The largest absolute Gasteiger partial charge is 0.207 e. The van der Waals surface area contributed by atoms with Gasteiger partial charge in [0.25, 0.3) is 0 Å². The fourth-order valence-corrected chi connectivity index (χ4v) is 4.29. The molecule has 1 aliphatic rings. The molecule has 1 unspecified atom stereocenters. The van der Waals surface area contributed by atoms with Crippen LogP contribution in [0.3, 0.4) is 0 Å². The molecule has 0 aromatic heterocycles. The first kappa shape index (κ1) is 21.9. The van der Waals surface area contributed by atoms with E-state index in [1.165, 1.54) is 40.0 Å². The number of hydrogen-bond acceptors (Lipinski definition) is 0. The zero-order chi connectivity index (χ0) is 23.3. The Kier molecular flexibility index (Phi) is 6.35. The van der Waals surface area contributed by atoms with Gasteiger partial charge in [-0.2, -0.15) is 0 Å². The summed E-state index contributed by atoms with van der Waals surface area (Å²) in [5.74, 6) is 0.378. The van der Waals surface area contributed by atoms with E-state index in [-0.39, 0.29) is 5.82 Å². The molecule has 5 rings (SSSR count). The van der Waals surface area contributed by atoms with E-state index in [1.807, 2.05) is 12.1 Å². The molecule has 0 aliphatic heterocycles. The molecule has 166 valence electrons. The van der Waals surface area contributed by atoms with Crippen molar-refractivity contribution < 1.29 is 4.39 Å². The second-order valence-electron chi connectivity index (χ2n) is 8.86. The van der Waals surface area contributed by atoms with E-state index in [0.717, 1.165) is 23.1 Å². The molecule has 0 saturated carbocycles. The highest BCUT2D eigenvalue weighted by atomic mass is 19.1. The Balaban J connectivity index is 1.32. The van der Waals surface area contributed by atoms with E-state index >= 15 is 0 Å². The molecule has 0 saturated heterocycles. The fourth-order valence-electron chi connectivity index (χ4n) is 4.29. The summed E-state index contributed by atoms with van der Waals surface area (Å²) in [4.78, 5) is 0. The molecule has 1 aliphatic carbocycles. The van der Waals surface area contributed by atoms with Gasteiger partial charge in [-0.3, -0.25) is 0 Å². The van der Waals surface area contributed by atoms with Crippen LogP contribution < -0.4 is 0 Å². The topological polar surface area (TPSA) is 0 Å². The normalized spacial score (nSPS) is 18.9. The standard InChI is InChI=1S/C33H27F/c1-24-4-2-6-25(7-3-5-24)26-8-10-27(11-9-26)28-12-14-29(15-13-28)30-16-18-31(19-17-30)32-20-22-33(34)23-21-32/h2-4,6-24H,5H2,1H3/b4-2-,7-3+,25-6+. The monoisotopic (exact) mass is 442 g/mol. The lowest BCUT2D eigenvalue weighted by Gasteiger charge is -2.09. The molecule has 0 fully saturated rings. The summed E-state index contributed by atoms with van der Waals surface area (Å²) >= 11 is 0. The first-order valence-corrected chi connectivity index (χ1v) is 11.8. The predicted octanol–water partition coefficient (Wildman–Crippen LogP) is 9.36. The van der Waals surface area contributed by atoms with Crippen molar-refractivity contribution in [3.05, 3.63) is 139 Å². The molecule has 1 heteroatoms. The van der Waals surface area contributed by atoms with Crippen molar-refractivity contribution in [1.29, 1.82) is 0 Å². The zero-order valence-corrected chi connectivity index (χ0v) is 19.3. The van der Waals surface area contributed by atoms with Crippen LogP contribution in [-0.2, 0) is 0 Å². The Labute approximate surface area is 201 Å². The van der Waals surface area contributed by atoms with Gasteiger partial charge in [0, 0.05) is 0 Å². The van der Waals surface area contributed by atoms with Gasteiger partial charge < -0.3 is 0 Å². The highest BCUT2D eigenvalue weighted by molar-refractivity contribution is 5.78. The SMILES string of the molecule is CC1\C=C/C=C(c2ccc(-c3ccc(-c4ccc(-c5ccc(F)cc5)cc4)cc3)cc2)\C=C\C1. The quantitative estimate of drug-likeness (QED) is 0.295. The average molecular weight is 443 g/mol. The van der Waals surface area contributed by atoms with Crippen molar-refractivity contribution in [1.82, 2.24) is 0 Å². The Morgan fingerprint density at radius 1 is 0.559 bits per heavy atom. The van der Waals surface area contributed by atoms with Crippen molar-refractivity contribution >= 4 is 5.57 Å². The van der Waals surface area contributed by atoms with Crippen molar-refractivity contribution in [2.45, 2.75) is 13.3 Å². The number of benzene rings is 4. The molecule has 0 amide bonds. The van der Waals surface area contributed by atoms with E-state index in [9.17, 15) is 4.39 Å². The van der Waals surface area contributed by atoms with Gasteiger partial charge in [0.05, 0.1) is 0 Å². The number of allylic oxidation sites excluding steroid dienone is 6. The Bertz CT molecular complexity index is 1330. The van der Waals surface area contributed by atoms with E-state index < -0.39 is 0 Å². The van der Waals surface area contributed by atoms with Gasteiger partial charge in [-0.15, -0.1) is 0 Å². The fraction of sp³-hybridized carbons (Fsp3) is 0.0909. The Morgan fingerprint density at radius 3 is 1.38 bits per heavy atom. The van der Waals surface area contributed by atoms with E-state index in [0.29, 0.717) is 5.92 Å². The number of rotatable bonds is 4. The van der Waals surface area contributed by atoms with Gasteiger partial charge in [0.1, 0.15) is 5.82 Å². The molecule has 0 bridgehead atoms. The highest BCUT2D eigenvalue weighted by Crippen LogP contribution is 2.29. The summed E-state index contributed by atoms with van der Waals surface area (Å²) in [6, 6.07) is 32.5. The van der Waals surface area contributed by atoms with Gasteiger partial charge >= 0.3 is 0 Å². The summed E-state index contributed by atoms with van der Waals surface area (Å²) < 4.78 is 13.2. The second-order valence-corrected chi connectivity index (χ2v) is 8.86. The summed E-state index contributed by atoms with van der Waals surface area (Å²) in [7, 11) is 0. The lowest BCUT2D eigenvalue weighted by molar-refractivity contribution is 0.628. The Hall–Kier alpha value is -3.97. The molecule has 0 heterocycles. The summed E-state index contributed by atoms with van der Waals surface area (Å²) in [5, 5.41) is 0. The molecule has 0 N–H and O–H groups in total. The lowest BCUT2D eigenvalue weighted by atomic mass is 9.96. The van der Waals surface area contributed by atoms with Crippen LogP contribution in [0.1, 0.15) is 18.9 Å². The van der Waals surface area contributed by atoms with Crippen LogP contribution in [0.25, 0.3) is 39.0 Å². The van der Waals surface area contributed by atoms with Gasteiger partial charge in [-0.1, -0.05) is 122 Å². The van der Waals surface area contributed by atoms with Crippen LogP contribution in [0.5, 0.6) is 0 Å². The van der Waals surface area contributed by atoms with E-state index in [1.54, 1.807) is 0 Å². The van der Waals surface area contributed by atoms with Gasteiger partial charge in [0.2, 0.25) is 0 Å². The van der Waals surface area contributed by atoms with Crippen molar-refractivity contribution in [3.8, 4) is 33.4 Å². The molecular weight excluding hydrogens is 415 g/mol. The third-order valence-corrected chi connectivity index (χ3v) is 6.35. The third-order valence-electron chi connectivity index (χ3n) is 6.35. The zero-order valence-electron chi connectivity index (χ0n) is 19.3. The van der Waals surface area contributed by atoms with Crippen LogP contribution in [-0.4, -0.2) is 0 Å².